The van der Waals surface area contributed by atoms with Crippen LogP contribution in [0.1, 0.15) is 43.9 Å². The molecule has 0 aliphatic rings. The summed E-state index contributed by atoms with van der Waals surface area (Å²) in [6.07, 6.45) is 1.77. The summed E-state index contributed by atoms with van der Waals surface area (Å²) >= 11 is 0. The zero-order chi connectivity index (χ0) is 16.2. The molecule has 7 nitrogen and oxygen atoms in total. The Bertz CT molecular complexity index is 642. The van der Waals surface area contributed by atoms with Crippen molar-refractivity contribution in [2.75, 3.05) is 7.05 Å². The first-order chi connectivity index (χ1) is 10.4. The average Bonchev–Trinajstić information content (AvgIpc) is 3.07. The highest BCUT2D eigenvalue weighted by molar-refractivity contribution is 14.0. The molecule has 0 spiro atoms. The topological polar surface area (TPSA) is 88.5 Å². The molecule has 2 heterocycles. The van der Waals surface area contributed by atoms with Gasteiger partial charge in [-0.25, -0.2) is 4.98 Å². The normalized spacial score (nSPS) is 12.0. The second kappa shape index (κ2) is 8.32. The van der Waals surface area contributed by atoms with Crippen molar-refractivity contribution >= 4 is 29.9 Å². The van der Waals surface area contributed by atoms with Crippen LogP contribution in [0.4, 0.5) is 0 Å². The molecule has 128 valence electrons. The van der Waals surface area contributed by atoms with Crippen molar-refractivity contribution in [3.63, 3.8) is 0 Å². The van der Waals surface area contributed by atoms with Crippen molar-refractivity contribution in [1.29, 1.82) is 0 Å². The molecule has 0 aliphatic carbocycles. The molecule has 8 heteroatoms. The molecule has 2 aromatic heterocycles. The van der Waals surface area contributed by atoms with Crippen LogP contribution in [0, 0.1) is 6.92 Å². The fraction of sp³-hybridized carbons (Fsp3) is 0.533. The van der Waals surface area contributed by atoms with Gasteiger partial charge in [-0.05, 0) is 6.92 Å². The second-order valence-corrected chi connectivity index (χ2v) is 6.08. The Morgan fingerprint density at radius 3 is 2.48 bits per heavy atom. The summed E-state index contributed by atoms with van der Waals surface area (Å²) in [7, 11) is 1.71. The van der Waals surface area contributed by atoms with E-state index < -0.39 is 0 Å². The molecular formula is C15H24IN5O2. The highest BCUT2D eigenvalue weighted by Gasteiger charge is 2.19. The Morgan fingerprint density at radius 2 is 1.96 bits per heavy atom. The van der Waals surface area contributed by atoms with E-state index in [1.165, 1.54) is 0 Å². The van der Waals surface area contributed by atoms with E-state index in [9.17, 15) is 0 Å². The van der Waals surface area contributed by atoms with Crippen LogP contribution in [0.3, 0.4) is 0 Å². The molecule has 0 amide bonds. The maximum Gasteiger partial charge on any atom is 0.213 e. The molecule has 0 bridgehead atoms. The number of aryl methyl sites for hydroxylation is 1. The molecule has 0 unspecified atom stereocenters. The van der Waals surface area contributed by atoms with Crippen molar-refractivity contribution in [1.82, 2.24) is 20.8 Å². The summed E-state index contributed by atoms with van der Waals surface area (Å²) in [5, 5.41) is 10.1. The van der Waals surface area contributed by atoms with Gasteiger partial charge in [-0.15, -0.1) is 24.0 Å². The molecule has 2 aromatic rings. The molecule has 2 N–H and O–H groups in total. The number of nitrogens with one attached hydrogen (secondary N) is 2. The first kappa shape index (κ1) is 19.5. The van der Waals surface area contributed by atoms with Gasteiger partial charge in [0, 0.05) is 18.5 Å². The predicted octanol–water partition coefficient (Wildman–Crippen LogP) is 2.75. The van der Waals surface area contributed by atoms with Crippen molar-refractivity contribution < 1.29 is 8.94 Å². The van der Waals surface area contributed by atoms with E-state index in [4.69, 9.17) is 8.94 Å². The van der Waals surface area contributed by atoms with Crippen LogP contribution in [-0.2, 0) is 18.5 Å². The van der Waals surface area contributed by atoms with Gasteiger partial charge in [0.05, 0.1) is 25.0 Å². The summed E-state index contributed by atoms with van der Waals surface area (Å²) in [4.78, 5) is 8.41. The Kier molecular flexibility index (Phi) is 7.04. The van der Waals surface area contributed by atoms with Crippen LogP contribution in [0.5, 0.6) is 0 Å². The molecular weight excluding hydrogens is 409 g/mol. The molecule has 0 aromatic carbocycles. The minimum absolute atomic E-state index is 0. The number of aromatic nitrogens is 2. The van der Waals surface area contributed by atoms with Crippen molar-refractivity contribution in [3.05, 3.63) is 35.4 Å². The summed E-state index contributed by atoms with van der Waals surface area (Å²) in [6.45, 7) is 9.12. The highest BCUT2D eigenvalue weighted by atomic mass is 127. The van der Waals surface area contributed by atoms with Gasteiger partial charge >= 0.3 is 0 Å². The van der Waals surface area contributed by atoms with E-state index in [0.717, 1.165) is 17.2 Å². The first-order valence-corrected chi connectivity index (χ1v) is 7.20. The Balaban J connectivity index is 0.00000264. The Hall–Kier alpha value is -1.58. The number of halogens is 1. The van der Waals surface area contributed by atoms with Gasteiger partial charge in [0.15, 0.2) is 11.7 Å². The lowest BCUT2D eigenvalue weighted by Gasteiger charge is -2.13. The van der Waals surface area contributed by atoms with E-state index in [2.05, 4.69) is 46.5 Å². The lowest BCUT2D eigenvalue weighted by molar-refractivity contribution is 0.374. The van der Waals surface area contributed by atoms with Crippen molar-refractivity contribution in [3.8, 4) is 0 Å². The minimum Gasteiger partial charge on any atom is -0.443 e. The summed E-state index contributed by atoms with van der Waals surface area (Å²) in [5.41, 5.74) is 0.809. The van der Waals surface area contributed by atoms with Crippen molar-refractivity contribution in [2.24, 2.45) is 4.99 Å². The van der Waals surface area contributed by atoms with Gasteiger partial charge in [0.25, 0.3) is 0 Å². The van der Waals surface area contributed by atoms with Gasteiger partial charge < -0.3 is 19.6 Å². The lowest BCUT2D eigenvalue weighted by atomic mass is 9.94. The number of rotatable bonds is 4. The Labute approximate surface area is 153 Å². The van der Waals surface area contributed by atoms with Gasteiger partial charge in [-0.1, -0.05) is 25.9 Å². The zero-order valence-electron chi connectivity index (χ0n) is 14.1. The number of hydrogen-bond donors (Lipinski definition) is 2. The fourth-order valence-electron chi connectivity index (χ4n) is 1.79. The maximum absolute atomic E-state index is 5.72. The number of nitrogens with zero attached hydrogens (tertiary/aromatic N) is 3. The van der Waals surface area contributed by atoms with E-state index in [0.29, 0.717) is 24.9 Å². The third-order valence-electron chi connectivity index (χ3n) is 3.03. The summed E-state index contributed by atoms with van der Waals surface area (Å²) < 4.78 is 10.9. The molecule has 2 rings (SSSR count). The van der Waals surface area contributed by atoms with Crippen LogP contribution in [0.15, 0.2) is 26.2 Å². The molecule has 0 atom stereocenters. The van der Waals surface area contributed by atoms with Gasteiger partial charge in [-0.3, -0.25) is 4.99 Å². The monoisotopic (exact) mass is 433 g/mol. The average molecular weight is 433 g/mol. The minimum atomic E-state index is -0.0463. The first-order valence-electron chi connectivity index (χ1n) is 7.20. The Morgan fingerprint density at radius 1 is 1.26 bits per heavy atom. The summed E-state index contributed by atoms with van der Waals surface area (Å²) in [6, 6.07) is 1.88. The van der Waals surface area contributed by atoms with Gasteiger partial charge in [0.2, 0.25) is 5.89 Å². The fourth-order valence-corrected chi connectivity index (χ4v) is 1.79. The molecule has 23 heavy (non-hydrogen) atoms. The molecule has 0 radical (unpaired) electrons. The predicted molar refractivity (Wildman–Crippen MR) is 98.9 cm³/mol. The highest BCUT2D eigenvalue weighted by Crippen LogP contribution is 2.22. The maximum atomic E-state index is 5.72. The number of hydrogen-bond acceptors (Lipinski definition) is 5. The third-order valence-corrected chi connectivity index (χ3v) is 3.03. The number of oxazole rings is 1. The second-order valence-electron chi connectivity index (χ2n) is 6.08. The van der Waals surface area contributed by atoms with Crippen LogP contribution in [-0.4, -0.2) is 23.1 Å². The van der Waals surface area contributed by atoms with Crippen LogP contribution < -0.4 is 10.6 Å². The third kappa shape index (κ3) is 5.85. The van der Waals surface area contributed by atoms with E-state index in [-0.39, 0.29) is 29.4 Å². The molecule has 0 saturated carbocycles. The van der Waals surface area contributed by atoms with Crippen LogP contribution in [0.25, 0.3) is 0 Å². The lowest BCUT2D eigenvalue weighted by Crippen LogP contribution is -2.36. The van der Waals surface area contributed by atoms with Crippen LogP contribution >= 0.6 is 24.0 Å². The van der Waals surface area contributed by atoms with Crippen LogP contribution in [0.2, 0.25) is 0 Å². The number of guanidine groups is 1. The SMILES string of the molecule is CN=C(NCc1cc(C)no1)NCc1ncc(C(C)(C)C)o1.I. The molecule has 0 saturated heterocycles. The standard InChI is InChI=1S/C15H23N5O2.HI/c1-10-6-11(22-20-10)7-18-14(16-5)19-9-13-17-8-12(21-13)15(2,3)4;/h6,8H,7,9H2,1-5H3,(H2,16,18,19);1H. The van der Waals surface area contributed by atoms with Gasteiger partial charge in [-0.2, -0.15) is 0 Å². The smallest absolute Gasteiger partial charge is 0.213 e. The van der Waals surface area contributed by atoms with E-state index in [1.54, 1.807) is 13.2 Å². The van der Waals surface area contributed by atoms with Crippen molar-refractivity contribution in [2.45, 2.75) is 46.2 Å². The molecule has 0 aliphatic heterocycles. The zero-order valence-corrected chi connectivity index (χ0v) is 16.5. The largest absolute Gasteiger partial charge is 0.443 e. The van der Waals surface area contributed by atoms with E-state index >= 15 is 0 Å². The van der Waals surface area contributed by atoms with E-state index in [1.807, 2.05) is 13.0 Å². The molecule has 0 fully saturated rings. The quantitative estimate of drug-likeness (QED) is 0.438. The summed E-state index contributed by atoms with van der Waals surface area (Å²) in [5.74, 6) is 2.89. The number of aliphatic imine (C=N–C) groups is 1. The van der Waals surface area contributed by atoms with Gasteiger partial charge in [0.1, 0.15) is 5.76 Å².